The summed E-state index contributed by atoms with van der Waals surface area (Å²) >= 11 is 0. The maximum absolute atomic E-state index is 9.58. The SMILES string of the molecule is O=C([O-])C[C@H](O)C(=O)[O-].[Cu+2]. The Labute approximate surface area is 67.1 Å². The van der Waals surface area contributed by atoms with Gasteiger partial charge in [0.25, 0.3) is 0 Å². The van der Waals surface area contributed by atoms with Crippen LogP contribution in [0.5, 0.6) is 0 Å². The van der Waals surface area contributed by atoms with Gasteiger partial charge in [-0.15, -0.1) is 0 Å². The summed E-state index contributed by atoms with van der Waals surface area (Å²) in [5.74, 6) is -3.43. The average Bonchev–Trinajstić information content (AvgIpc) is 1.63. The molecule has 61 valence electrons. The Bertz CT molecular complexity index is 134. The van der Waals surface area contributed by atoms with E-state index in [4.69, 9.17) is 5.11 Å². The third kappa shape index (κ3) is 5.55. The zero-order valence-corrected chi connectivity index (χ0v) is 5.61. The average molecular weight is 196 g/mol. The number of aliphatic carboxylic acids is 2. The van der Waals surface area contributed by atoms with Gasteiger partial charge in [-0.1, -0.05) is 0 Å². The van der Waals surface area contributed by atoms with E-state index in [1.54, 1.807) is 0 Å². The molecule has 0 aromatic rings. The number of aliphatic hydroxyl groups excluding tert-OH is 1. The molecular formula is C4H4CuO5. The molecule has 5 nitrogen and oxygen atoms in total. The normalized spacial score (nSPS) is 11.3. The summed E-state index contributed by atoms with van der Waals surface area (Å²) in [7, 11) is 0. The molecule has 1 N–H and O–H groups in total. The Balaban J connectivity index is 0. The number of carbonyl (C=O) groups is 2. The molecule has 0 aliphatic rings. The number of hydrogen-bond donors (Lipinski definition) is 1. The molecule has 6 heteroatoms. The van der Waals surface area contributed by atoms with E-state index >= 15 is 0 Å². The van der Waals surface area contributed by atoms with Crippen LogP contribution in [-0.4, -0.2) is 23.1 Å². The fourth-order valence-electron chi connectivity index (χ4n) is 0.241. The van der Waals surface area contributed by atoms with Crippen molar-refractivity contribution in [2.75, 3.05) is 0 Å². The van der Waals surface area contributed by atoms with Crippen molar-refractivity contribution in [3.8, 4) is 0 Å². The fourth-order valence-corrected chi connectivity index (χ4v) is 0.241. The van der Waals surface area contributed by atoms with Gasteiger partial charge < -0.3 is 24.9 Å². The van der Waals surface area contributed by atoms with Gasteiger partial charge in [-0.2, -0.15) is 0 Å². The van der Waals surface area contributed by atoms with Crippen LogP contribution in [0.25, 0.3) is 0 Å². The van der Waals surface area contributed by atoms with Crippen LogP contribution in [0.15, 0.2) is 0 Å². The maximum atomic E-state index is 9.58. The molecule has 0 aliphatic heterocycles. The first-order valence-electron chi connectivity index (χ1n) is 2.13. The Morgan fingerprint density at radius 1 is 1.40 bits per heavy atom. The number of hydrogen-bond acceptors (Lipinski definition) is 5. The summed E-state index contributed by atoms with van der Waals surface area (Å²) in [6.07, 6.45) is -2.89. The van der Waals surface area contributed by atoms with E-state index in [1.807, 2.05) is 0 Å². The minimum absolute atomic E-state index is 0. The van der Waals surface area contributed by atoms with Gasteiger partial charge in [0.05, 0.1) is 12.1 Å². The van der Waals surface area contributed by atoms with Crippen LogP contribution in [-0.2, 0) is 26.7 Å². The van der Waals surface area contributed by atoms with Gasteiger partial charge in [-0.3, -0.25) is 0 Å². The predicted octanol–water partition coefficient (Wildman–Crippen LogP) is -3.77. The summed E-state index contributed by atoms with van der Waals surface area (Å²) in [5, 5.41) is 27.3. The van der Waals surface area contributed by atoms with E-state index in [0.29, 0.717) is 0 Å². The van der Waals surface area contributed by atoms with Crippen molar-refractivity contribution in [2.24, 2.45) is 0 Å². The molecular weight excluding hydrogens is 192 g/mol. The van der Waals surface area contributed by atoms with Crippen LogP contribution in [0.2, 0.25) is 0 Å². The van der Waals surface area contributed by atoms with Crippen LogP contribution in [0.3, 0.4) is 0 Å². The van der Waals surface area contributed by atoms with E-state index in [-0.39, 0.29) is 17.1 Å². The zero-order valence-electron chi connectivity index (χ0n) is 4.67. The monoisotopic (exact) mass is 195 g/mol. The number of carboxylic acids is 2. The van der Waals surface area contributed by atoms with Crippen molar-refractivity contribution in [3.05, 3.63) is 0 Å². The van der Waals surface area contributed by atoms with Crippen LogP contribution < -0.4 is 10.2 Å². The smallest absolute Gasteiger partial charge is 0.550 e. The van der Waals surface area contributed by atoms with Gasteiger partial charge in [-0.25, -0.2) is 0 Å². The minimum Gasteiger partial charge on any atom is -0.550 e. The van der Waals surface area contributed by atoms with Crippen LogP contribution >= 0.6 is 0 Å². The summed E-state index contributed by atoms with van der Waals surface area (Å²) in [4.78, 5) is 19.1. The van der Waals surface area contributed by atoms with Crippen molar-refractivity contribution >= 4 is 11.9 Å². The Hall–Kier alpha value is -0.581. The van der Waals surface area contributed by atoms with Crippen LogP contribution in [0.1, 0.15) is 6.42 Å². The second kappa shape index (κ2) is 5.22. The van der Waals surface area contributed by atoms with Gasteiger partial charge in [-0.05, 0) is 0 Å². The molecule has 0 saturated carbocycles. The molecule has 0 unspecified atom stereocenters. The maximum Gasteiger partial charge on any atom is 2.00 e. The first kappa shape index (κ1) is 12.1. The molecule has 1 atom stereocenters. The van der Waals surface area contributed by atoms with Gasteiger partial charge in [0.1, 0.15) is 0 Å². The second-order valence-electron chi connectivity index (χ2n) is 1.41. The summed E-state index contributed by atoms with van der Waals surface area (Å²) in [5.41, 5.74) is 0. The number of carbonyl (C=O) groups excluding carboxylic acids is 2. The molecule has 10 heavy (non-hydrogen) atoms. The van der Waals surface area contributed by atoms with Crippen molar-refractivity contribution in [2.45, 2.75) is 12.5 Å². The number of aliphatic hydroxyl groups is 1. The van der Waals surface area contributed by atoms with Crippen LogP contribution in [0.4, 0.5) is 0 Å². The molecule has 0 amide bonds. The van der Waals surface area contributed by atoms with Crippen molar-refractivity contribution in [1.29, 1.82) is 0 Å². The van der Waals surface area contributed by atoms with E-state index in [1.165, 1.54) is 0 Å². The Morgan fingerprint density at radius 2 is 1.80 bits per heavy atom. The number of carboxylic acid groups (broad SMARTS) is 2. The summed E-state index contributed by atoms with van der Waals surface area (Å²) < 4.78 is 0. The Morgan fingerprint density at radius 3 is 1.90 bits per heavy atom. The van der Waals surface area contributed by atoms with Crippen molar-refractivity contribution < 1.29 is 42.0 Å². The summed E-state index contributed by atoms with van der Waals surface area (Å²) in [6.45, 7) is 0. The van der Waals surface area contributed by atoms with Gasteiger partial charge >= 0.3 is 17.1 Å². The van der Waals surface area contributed by atoms with E-state index in [2.05, 4.69) is 0 Å². The molecule has 0 bridgehead atoms. The first-order valence-corrected chi connectivity index (χ1v) is 2.13. The van der Waals surface area contributed by atoms with Gasteiger partial charge in [0.2, 0.25) is 0 Å². The van der Waals surface area contributed by atoms with Gasteiger partial charge in [0.15, 0.2) is 0 Å². The molecule has 0 aromatic carbocycles. The summed E-state index contributed by atoms with van der Waals surface area (Å²) in [6, 6.07) is 0. The topological polar surface area (TPSA) is 100 Å². The molecule has 0 aromatic heterocycles. The fraction of sp³-hybridized carbons (Fsp3) is 0.500. The molecule has 0 heterocycles. The quantitative estimate of drug-likeness (QED) is 0.466. The molecule has 0 fully saturated rings. The minimum atomic E-state index is -1.96. The standard InChI is InChI=1S/C4H6O5.Cu/c5-2(4(8)9)1-3(6)7;/h2,5H,1H2,(H,6,7)(H,8,9);/q;+2/p-2/t2-;/m0./s1. The third-order valence-electron chi connectivity index (χ3n) is 0.632. The predicted molar refractivity (Wildman–Crippen MR) is 20.6 cm³/mol. The molecule has 1 radical (unpaired) electrons. The number of rotatable bonds is 3. The molecule has 0 rings (SSSR count). The van der Waals surface area contributed by atoms with E-state index in [0.717, 1.165) is 0 Å². The van der Waals surface area contributed by atoms with Crippen LogP contribution in [0, 0.1) is 0 Å². The van der Waals surface area contributed by atoms with E-state index < -0.39 is 24.5 Å². The molecule has 0 saturated heterocycles. The first-order chi connectivity index (χ1) is 4.04. The largest absolute Gasteiger partial charge is 2.00 e. The zero-order chi connectivity index (χ0) is 7.44. The van der Waals surface area contributed by atoms with E-state index in [9.17, 15) is 19.8 Å². The van der Waals surface area contributed by atoms with Gasteiger partial charge in [0, 0.05) is 12.4 Å². The van der Waals surface area contributed by atoms with Crippen molar-refractivity contribution in [3.63, 3.8) is 0 Å². The third-order valence-corrected chi connectivity index (χ3v) is 0.632. The second-order valence-corrected chi connectivity index (χ2v) is 1.41. The molecule has 0 aliphatic carbocycles. The molecule has 0 spiro atoms. The Kier molecular flexibility index (Phi) is 6.34. The van der Waals surface area contributed by atoms with Crippen molar-refractivity contribution in [1.82, 2.24) is 0 Å².